The summed E-state index contributed by atoms with van der Waals surface area (Å²) in [4.78, 5) is 24.3. The molecule has 0 aliphatic rings. The van der Waals surface area contributed by atoms with Gasteiger partial charge in [-0.2, -0.15) is 5.26 Å². The van der Waals surface area contributed by atoms with E-state index in [-0.39, 0.29) is 11.6 Å². The maximum Gasteiger partial charge on any atom is 0.294 e. The molecule has 3 rings (SSSR count). The lowest BCUT2D eigenvalue weighted by Crippen LogP contribution is -2.28. The van der Waals surface area contributed by atoms with Crippen LogP contribution in [0.25, 0.3) is 5.57 Å². The fourth-order valence-corrected chi connectivity index (χ4v) is 3.91. The molecule has 0 radical (unpaired) electrons. The number of aryl methyl sites for hydroxylation is 1. The van der Waals surface area contributed by atoms with Gasteiger partial charge in [0.05, 0.1) is 35.0 Å². The van der Waals surface area contributed by atoms with Gasteiger partial charge in [-0.3, -0.25) is 10.1 Å². The summed E-state index contributed by atoms with van der Waals surface area (Å²) in [5.41, 5.74) is 4.82. The molecule has 0 atom stereocenters. The number of methoxy groups -OCH3 is 1. The number of nitrogens with one attached hydrogen (secondary N) is 1. The topological polar surface area (TPSA) is 120 Å². The minimum absolute atomic E-state index is 0.0527. The third-order valence-corrected chi connectivity index (χ3v) is 5.90. The summed E-state index contributed by atoms with van der Waals surface area (Å²) < 4.78 is 5.56. The van der Waals surface area contributed by atoms with Crippen molar-refractivity contribution in [2.75, 3.05) is 51.6 Å². The quantitative estimate of drug-likeness (QED) is 0.256. The molecule has 10 heteroatoms. The molecule has 0 bridgehead atoms. The van der Waals surface area contributed by atoms with Crippen LogP contribution >= 0.6 is 0 Å². The molecule has 1 N–H and O–H groups in total. The lowest BCUT2D eigenvalue weighted by molar-refractivity contribution is -0.384. The molecular weight excluding hydrogens is 494 g/mol. The molecule has 0 aliphatic carbocycles. The number of hydrogen-bond donors (Lipinski definition) is 1. The smallest absolute Gasteiger partial charge is 0.294 e. The number of likely N-dealkylation sites (N-methyl/N-ethyl adjacent to an activating group) is 2. The molecule has 0 saturated carbocycles. The number of nitro groups is 1. The number of rotatable bonds is 10. The number of anilines is 3. The van der Waals surface area contributed by atoms with Gasteiger partial charge in [-0.05, 0) is 57.3 Å². The fourth-order valence-electron chi connectivity index (χ4n) is 3.91. The standard InChI is InChI=1S/C27H31N7O3.C2H6/c1-7-20(21-9-8-19(17-28)14-18(21)2)22-10-11-29-27(30-22)31-23-15-25(34(35)36)24(16-26(23)37-6)33(5)13-12-32(3)4;1-2/h7-11,14-16H,12-13H2,1-6H3,(H,29,30,31);1-2H3/b20-7+;. The first-order valence-electron chi connectivity index (χ1n) is 12.7. The van der Waals surface area contributed by atoms with Crippen molar-refractivity contribution in [1.29, 1.82) is 5.26 Å². The first-order chi connectivity index (χ1) is 18.7. The zero-order valence-corrected chi connectivity index (χ0v) is 23.9. The van der Waals surface area contributed by atoms with Crippen molar-refractivity contribution in [3.8, 4) is 11.8 Å². The summed E-state index contributed by atoms with van der Waals surface area (Å²) in [7, 11) is 7.23. The van der Waals surface area contributed by atoms with Crippen LogP contribution in [0.4, 0.5) is 23.0 Å². The van der Waals surface area contributed by atoms with Gasteiger partial charge >= 0.3 is 0 Å². The second-order valence-electron chi connectivity index (χ2n) is 8.76. The summed E-state index contributed by atoms with van der Waals surface area (Å²) in [5, 5.41) is 24.2. The molecule has 1 heterocycles. The van der Waals surface area contributed by atoms with Crippen molar-refractivity contribution in [1.82, 2.24) is 14.9 Å². The molecule has 0 unspecified atom stereocenters. The highest BCUT2D eigenvalue weighted by Gasteiger charge is 2.22. The number of aromatic nitrogens is 2. The maximum absolute atomic E-state index is 11.9. The average molecular weight is 532 g/mol. The minimum atomic E-state index is -0.408. The molecule has 3 aromatic rings. The first kappa shape index (κ1) is 30.7. The van der Waals surface area contributed by atoms with Crippen molar-refractivity contribution in [2.45, 2.75) is 27.7 Å². The summed E-state index contributed by atoms with van der Waals surface area (Å²) in [5.74, 6) is 0.699. The molecule has 10 nitrogen and oxygen atoms in total. The van der Waals surface area contributed by atoms with E-state index in [1.54, 1.807) is 24.4 Å². The molecule has 2 aromatic carbocycles. The zero-order chi connectivity index (χ0) is 29.1. The van der Waals surface area contributed by atoms with Crippen LogP contribution in [-0.4, -0.2) is 61.1 Å². The SMILES string of the molecule is C/C=C(/c1ccnc(Nc2cc([N+](=O)[O-])c(N(C)CCN(C)C)cc2OC)n1)c1ccc(C#N)cc1C.CC. The van der Waals surface area contributed by atoms with E-state index in [9.17, 15) is 15.4 Å². The summed E-state index contributed by atoms with van der Waals surface area (Å²) >= 11 is 0. The van der Waals surface area contributed by atoms with Crippen LogP contribution in [0.2, 0.25) is 0 Å². The van der Waals surface area contributed by atoms with E-state index in [1.165, 1.54) is 13.2 Å². The Labute approximate surface area is 230 Å². The highest BCUT2D eigenvalue weighted by Crippen LogP contribution is 2.39. The van der Waals surface area contributed by atoms with E-state index in [0.29, 0.717) is 34.9 Å². The summed E-state index contributed by atoms with van der Waals surface area (Å²) in [6.45, 7) is 9.21. The second kappa shape index (κ2) is 14.4. The van der Waals surface area contributed by atoms with Crippen LogP contribution in [0.5, 0.6) is 5.75 Å². The van der Waals surface area contributed by atoms with Gasteiger partial charge in [-0.25, -0.2) is 9.97 Å². The molecule has 206 valence electrons. The largest absolute Gasteiger partial charge is 0.494 e. The van der Waals surface area contributed by atoms with Gasteiger partial charge in [-0.15, -0.1) is 0 Å². The predicted octanol–water partition coefficient (Wildman–Crippen LogP) is 5.79. The van der Waals surface area contributed by atoms with E-state index < -0.39 is 4.92 Å². The molecular formula is C29H37N7O3. The normalized spacial score (nSPS) is 10.8. The van der Waals surface area contributed by atoms with Crippen LogP contribution < -0.4 is 15.0 Å². The predicted molar refractivity (Wildman–Crippen MR) is 157 cm³/mol. The maximum atomic E-state index is 11.9. The highest BCUT2D eigenvalue weighted by atomic mass is 16.6. The lowest BCUT2D eigenvalue weighted by Gasteiger charge is -2.22. The van der Waals surface area contributed by atoms with Gasteiger partial charge in [0.25, 0.3) is 5.69 Å². The van der Waals surface area contributed by atoms with Crippen LogP contribution in [0.3, 0.4) is 0 Å². The van der Waals surface area contributed by atoms with Crippen molar-refractivity contribution in [3.05, 3.63) is 81.2 Å². The lowest BCUT2D eigenvalue weighted by atomic mass is 9.96. The van der Waals surface area contributed by atoms with Gasteiger partial charge < -0.3 is 19.9 Å². The molecule has 0 amide bonds. The van der Waals surface area contributed by atoms with Gasteiger partial charge in [0, 0.05) is 44.0 Å². The Morgan fingerprint density at radius 2 is 1.90 bits per heavy atom. The molecule has 1 aromatic heterocycles. The van der Waals surface area contributed by atoms with Crippen molar-refractivity contribution < 1.29 is 9.66 Å². The number of nitriles is 1. The number of ether oxygens (including phenoxy) is 1. The molecule has 0 fully saturated rings. The van der Waals surface area contributed by atoms with Crippen molar-refractivity contribution >= 4 is 28.6 Å². The average Bonchev–Trinajstić information content (AvgIpc) is 2.93. The Morgan fingerprint density at radius 3 is 2.46 bits per heavy atom. The first-order valence-corrected chi connectivity index (χ1v) is 12.7. The highest BCUT2D eigenvalue weighted by molar-refractivity contribution is 5.81. The number of benzene rings is 2. The Hall–Kier alpha value is -4.49. The van der Waals surface area contributed by atoms with Crippen LogP contribution in [0.15, 0.2) is 48.7 Å². The fraction of sp³-hybridized carbons (Fsp3) is 0.345. The number of allylic oxidation sites excluding steroid dienone is 1. The molecule has 0 aliphatic heterocycles. The Kier molecular flexibility index (Phi) is 11.4. The second-order valence-corrected chi connectivity index (χ2v) is 8.76. The van der Waals surface area contributed by atoms with Crippen molar-refractivity contribution in [3.63, 3.8) is 0 Å². The van der Waals surface area contributed by atoms with Crippen LogP contribution in [-0.2, 0) is 0 Å². The van der Waals surface area contributed by atoms with Crippen LogP contribution in [0.1, 0.15) is 43.2 Å². The van der Waals surface area contributed by atoms with E-state index in [2.05, 4.69) is 21.4 Å². The Bertz CT molecular complexity index is 1360. The number of nitrogens with zero attached hydrogens (tertiary/aromatic N) is 6. The van der Waals surface area contributed by atoms with Gasteiger partial charge in [0.2, 0.25) is 5.95 Å². The number of nitro benzene ring substituents is 1. The van der Waals surface area contributed by atoms with Crippen molar-refractivity contribution in [2.24, 2.45) is 0 Å². The molecule has 39 heavy (non-hydrogen) atoms. The van der Waals surface area contributed by atoms with Gasteiger partial charge in [-0.1, -0.05) is 26.0 Å². The molecule has 0 spiro atoms. The molecule has 0 saturated heterocycles. The number of hydrogen-bond acceptors (Lipinski definition) is 9. The van der Waals surface area contributed by atoms with E-state index >= 15 is 0 Å². The monoisotopic (exact) mass is 531 g/mol. The van der Waals surface area contributed by atoms with Gasteiger partial charge in [0.15, 0.2) is 0 Å². The Morgan fingerprint density at radius 1 is 1.18 bits per heavy atom. The summed E-state index contributed by atoms with van der Waals surface area (Å²) in [6, 6.07) is 12.5. The summed E-state index contributed by atoms with van der Waals surface area (Å²) in [6.07, 6.45) is 3.57. The van der Waals surface area contributed by atoms with Gasteiger partial charge in [0.1, 0.15) is 11.4 Å². The Balaban J connectivity index is 0.00000260. The van der Waals surface area contributed by atoms with E-state index in [4.69, 9.17) is 4.74 Å². The van der Waals surface area contributed by atoms with E-state index in [0.717, 1.165) is 23.2 Å². The minimum Gasteiger partial charge on any atom is -0.494 e. The van der Waals surface area contributed by atoms with E-state index in [1.807, 2.05) is 76.8 Å². The third kappa shape index (κ3) is 7.75. The third-order valence-electron chi connectivity index (χ3n) is 5.90. The van der Waals surface area contributed by atoms with Crippen LogP contribution in [0, 0.1) is 28.4 Å². The zero-order valence-electron chi connectivity index (χ0n) is 23.9.